The van der Waals surface area contributed by atoms with Gasteiger partial charge in [-0.15, -0.1) is 0 Å². The maximum atomic E-state index is 11.4. The van der Waals surface area contributed by atoms with E-state index in [0.29, 0.717) is 29.5 Å². The fraction of sp³-hybridized carbons (Fsp3) is 0.625. The maximum absolute atomic E-state index is 11.4. The van der Waals surface area contributed by atoms with Crippen LogP contribution in [0.15, 0.2) is 24.3 Å². The second-order valence-electron chi connectivity index (χ2n) is 6.23. The van der Waals surface area contributed by atoms with Crippen LogP contribution in [0.4, 0.5) is 0 Å². The number of ether oxygens (including phenoxy) is 1. The van der Waals surface area contributed by atoms with Crippen LogP contribution < -0.4 is 10.1 Å². The molecule has 1 saturated carbocycles. The van der Waals surface area contributed by atoms with E-state index in [9.17, 15) is 8.42 Å². The van der Waals surface area contributed by atoms with Gasteiger partial charge >= 0.3 is 0 Å². The Morgan fingerprint density at radius 1 is 1.14 bits per heavy atom. The number of methoxy groups -OCH3 is 1. The molecule has 1 aromatic carbocycles. The van der Waals surface area contributed by atoms with Gasteiger partial charge in [-0.05, 0) is 49.3 Å². The topological polar surface area (TPSA) is 55.4 Å². The van der Waals surface area contributed by atoms with Gasteiger partial charge in [-0.3, -0.25) is 0 Å². The summed E-state index contributed by atoms with van der Waals surface area (Å²) in [7, 11) is -1.06. The first-order chi connectivity index (χ1) is 10.1. The van der Waals surface area contributed by atoms with Gasteiger partial charge in [0.1, 0.15) is 15.6 Å². The Morgan fingerprint density at radius 2 is 1.86 bits per heavy atom. The molecule has 21 heavy (non-hydrogen) atoms. The molecular weight excluding hydrogens is 286 g/mol. The van der Waals surface area contributed by atoms with Crippen LogP contribution in [0.1, 0.15) is 37.2 Å². The van der Waals surface area contributed by atoms with Gasteiger partial charge in [0.2, 0.25) is 0 Å². The number of rotatable bonds is 4. The molecule has 1 heterocycles. The maximum Gasteiger partial charge on any atom is 0.150 e. The highest BCUT2D eigenvalue weighted by Gasteiger charge is 2.33. The van der Waals surface area contributed by atoms with E-state index in [1.165, 1.54) is 5.56 Å². The zero-order chi connectivity index (χ0) is 14.9. The third-order valence-electron chi connectivity index (χ3n) is 4.73. The van der Waals surface area contributed by atoms with Crippen LogP contribution in [0.5, 0.6) is 5.75 Å². The van der Waals surface area contributed by atoms with Gasteiger partial charge < -0.3 is 10.1 Å². The van der Waals surface area contributed by atoms with Crippen LogP contribution in [0.25, 0.3) is 0 Å². The molecule has 4 nitrogen and oxygen atoms in total. The summed E-state index contributed by atoms with van der Waals surface area (Å²) >= 11 is 0. The first kappa shape index (κ1) is 14.9. The highest BCUT2D eigenvalue weighted by molar-refractivity contribution is 7.91. The van der Waals surface area contributed by atoms with Crippen molar-refractivity contribution in [1.29, 1.82) is 0 Å². The molecule has 0 amide bonds. The average Bonchev–Trinajstić information content (AvgIpc) is 2.44. The van der Waals surface area contributed by atoms with Crippen molar-refractivity contribution in [3.8, 4) is 5.75 Å². The number of benzene rings is 1. The summed E-state index contributed by atoms with van der Waals surface area (Å²) < 4.78 is 28.1. The van der Waals surface area contributed by atoms with Crippen molar-refractivity contribution in [2.45, 2.75) is 43.7 Å². The molecule has 0 radical (unpaired) electrons. The van der Waals surface area contributed by atoms with Crippen LogP contribution in [-0.2, 0) is 9.84 Å². The molecule has 1 N–H and O–H groups in total. The summed E-state index contributed by atoms with van der Waals surface area (Å²) in [5, 5.41) is 3.63. The summed E-state index contributed by atoms with van der Waals surface area (Å²) in [6.45, 7) is 0. The molecule has 0 bridgehead atoms. The standard InChI is InChI=1S/C16H23NO3S/c1-20-16-4-2-3-12(11-16)13-9-15(10-13)17-14-5-7-21(18,19)8-6-14/h2-4,11,13-15,17H,5-10H2,1H3. The molecule has 116 valence electrons. The predicted molar refractivity (Wildman–Crippen MR) is 83.6 cm³/mol. The lowest BCUT2D eigenvalue weighted by molar-refractivity contribution is 0.256. The molecule has 0 spiro atoms. The van der Waals surface area contributed by atoms with Crippen molar-refractivity contribution in [2.24, 2.45) is 0 Å². The van der Waals surface area contributed by atoms with Crippen molar-refractivity contribution in [1.82, 2.24) is 5.32 Å². The Hall–Kier alpha value is -1.07. The SMILES string of the molecule is COc1cccc(C2CC(NC3CCS(=O)(=O)CC3)C2)c1. The average molecular weight is 309 g/mol. The highest BCUT2D eigenvalue weighted by Crippen LogP contribution is 2.38. The molecular formula is C16H23NO3S. The van der Waals surface area contributed by atoms with Crippen molar-refractivity contribution < 1.29 is 13.2 Å². The Bertz CT molecular complexity index is 579. The Labute approximate surface area is 126 Å². The monoisotopic (exact) mass is 309 g/mol. The lowest BCUT2D eigenvalue weighted by atomic mass is 9.75. The Balaban J connectivity index is 1.48. The quantitative estimate of drug-likeness (QED) is 0.925. The molecule has 1 aliphatic carbocycles. The zero-order valence-corrected chi connectivity index (χ0v) is 13.2. The van der Waals surface area contributed by atoms with Crippen LogP contribution in [-0.4, -0.2) is 39.1 Å². The lowest BCUT2D eigenvalue weighted by Gasteiger charge is -2.39. The molecule has 0 aromatic heterocycles. The molecule has 1 aromatic rings. The van der Waals surface area contributed by atoms with E-state index in [4.69, 9.17) is 4.74 Å². The van der Waals surface area contributed by atoms with Gasteiger partial charge in [0, 0.05) is 12.1 Å². The second kappa shape index (κ2) is 5.97. The first-order valence-corrected chi connectivity index (χ1v) is 9.48. The summed E-state index contributed by atoms with van der Waals surface area (Å²) in [6, 6.07) is 9.21. The Morgan fingerprint density at radius 3 is 2.52 bits per heavy atom. The molecule has 3 rings (SSSR count). The van der Waals surface area contributed by atoms with Gasteiger partial charge in [0.25, 0.3) is 0 Å². The van der Waals surface area contributed by atoms with Crippen LogP contribution >= 0.6 is 0 Å². The third-order valence-corrected chi connectivity index (χ3v) is 6.44. The van der Waals surface area contributed by atoms with E-state index >= 15 is 0 Å². The number of hydrogen-bond acceptors (Lipinski definition) is 4. The second-order valence-corrected chi connectivity index (χ2v) is 8.54. The van der Waals surface area contributed by atoms with E-state index in [1.807, 2.05) is 12.1 Å². The summed E-state index contributed by atoms with van der Waals surface area (Å²) in [5.74, 6) is 2.21. The molecule has 1 aliphatic heterocycles. The fourth-order valence-electron chi connectivity index (χ4n) is 3.31. The predicted octanol–water partition coefficient (Wildman–Crippen LogP) is 2.11. The largest absolute Gasteiger partial charge is 0.497 e. The fourth-order valence-corrected chi connectivity index (χ4v) is 4.80. The van der Waals surface area contributed by atoms with E-state index in [-0.39, 0.29) is 0 Å². The van der Waals surface area contributed by atoms with E-state index in [0.717, 1.165) is 31.4 Å². The Kier molecular flexibility index (Phi) is 4.22. The van der Waals surface area contributed by atoms with Crippen molar-refractivity contribution in [2.75, 3.05) is 18.6 Å². The third kappa shape index (κ3) is 3.58. The highest BCUT2D eigenvalue weighted by atomic mass is 32.2. The smallest absolute Gasteiger partial charge is 0.150 e. The summed E-state index contributed by atoms with van der Waals surface area (Å²) in [6.07, 6.45) is 3.80. The normalized spacial score (nSPS) is 28.8. The van der Waals surface area contributed by atoms with Gasteiger partial charge in [0.15, 0.2) is 0 Å². The van der Waals surface area contributed by atoms with Crippen LogP contribution in [0, 0.1) is 0 Å². The van der Waals surface area contributed by atoms with Gasteiger partial charge in [-0.2, -0.15) is 0 Å². The first-order valence-electron chi connectivity index (χ1n) is 7.66. The molecule has 0 atom stereocenters. The minimum Gasteiger partial charge on any atom is -0.497 e. The van der Waals surface area contributed by atoms with Crippen LogP contribution in [0.3, 0.4) is 0 Å². The van der Waals surface area contributed by atoms with E-state index in [1.54, 1.807) is 7.11 Å². The summed E-state index contributed by atoms with van der Waals surface area (Å²) in [5.41, 5.74) is 1.35. The molecule has 5 heteroatoms. The zero-order valence-electron chi connectivity index (χ0n) is 12.4. The van der Waals surface area contributed by atoms with Crippen molar-refractivity contribution in [3.05, 3.63) is 29.8 Å². The van der Waals surface area contributed by atoms with Crippen molar-refractivity contribution >= 4 is 9.84 Å². The summed E-state index contributed by atoms with van der Waals surface area (Å²) in [4.78, 5) is 0. The number of sulfone groups is 1. The molecule has 0 unspecified atom stereocenters. The minimum atomic E-state index is -2.76. The molecule has 2 aliphatic rings. The van der Waals surface area contributed by atoms with Crippen LogP contribution in [0.2, 0.25) is 0 Å². The minimum absolute atomic E-state index is 0.344. The number of nitrogens with one attached hydrogen (secondary N) is 1. The van der Waals surface area contributed by atoms with Gasteiger partial charge in [-0.1, -0.05) is 12.1 Å². The number of hydrogen-bond donors (Lipinski definition) is 1. The van der Waals surface area contributed by atoms with E-state index < -0.39 is 9.84 Å². The van der Waals surface area contributed by atoms with Gasteiger partial charge in [-0.25, -0.2) is 8.42 Å². The molecule has 2 fully saturated rings. The molecule has 1 saturated heterocycles. The van der Waals surface area contributed by atoms with Gasteiger partial charge in [0.05, 0.1) is 18.6 Å². The van der Waals surface area contributed by atoms with Crippen molar-refractivity contribution in [3.63, 3.8) is 0 Å². The van der Waals surface area contributed by atoms with E-state index in [2.05, 4.69) is 17.4 Å². The lowest BCUT2D eigenvalue weighted by Crippen LogP contribution is -2.48.